The molecular formula is C5H9NOS. The molecule has 3 heteroatoms. The van der Waals surface area contributed by atoms with Crippen LogP contribution >= 0.6 is 11.8 Å². The molecule has 0 aliphatic carbocycles. The molecule has 1 rings (SSSR count). The molecule has 1 amide bonds. The highest BCUT2D eigenvalue weighted by Crippen LogP contribution is 2.11. The van der Waals surface area contributed by atoms with Crippen LogP contribution in [0.15, 0.2) is 0 Å². The molecule has 1 aliphatic heterocycles. The molecule has 46 valence electrons. The van der Waals surface area contributed by atoms with Gasteiger partial charge < -0.3 is 4.90 Å². The monoisotopic (exact) mass is 131 g/mol. The zero-order valence-electron chi connectivity index (χ0n) is 4.89. The van der Waals surface area contributed by atoms with Crippen molar-refractivity contribution in [3.05, 3.63) is 0 Å². The van der Waals surface area contributed by atoms with Gasteiger partial charge in [0, 0.05) is 19.2 Å². The summed E-state index contributed by atoms with van der Waals surface area (Å²) in [6.45, 7) is 0. The van der Waals surface area contributed by atoms with Gasteiger partial charge in [0.2, 0.25) is 5.91 Å². The summed E-state index contributed by atoms with van der Waals surface area (Å²) in [5.41, 5.74) is 0. The van der Waals surface area contributed by atoms with E-state index in [4.69, 9.17) is 0 Å². The summed E-state index contributed by atoms with van der Waals surface area (Å²) in [5, 5.41) is 0. The predicted molar refractivity (Wildman–Crippen MR) is 34.7 cm³/mol. The van der Waals surface area contributed by atoms with E-state index < -0.39 is 0 Å². The highest BCUT2D eigenvalue weighted by atomic mass is 32.2. The molecule has 1 saturated heterocycles. The lowest BCUT2D eigenvalue weighted by Crippen LogP contribution is -2.30. The van der Waals surface area contributed by atoms with E-state index in [1.54, 1.807) is 4.90 Å². The molecule has 0 radical (unpaired) electrons. The molecule has 0 unspecified atom stereocenters. The van der Waals surface area contributed by atoms with E-state index in [-0.39, 0.29) is 5.91 Å². The maximum atomic E-state index is 10.7. The molecule has 0 spiro atoms. The Bertz CT molecular complexity index is 105. The second-order valence-corrected chi connectivity index (χ2v) is 2.95. The van der Waals surface area contributed by atoms with Crippen molar-refractivity contribution in [1.29, 1.82) is 0 Å². The van der Waals surface area contributed by atoms with Crippen LogP contribution in [0.2, 0.25) is 0 Å². The second-order valence-electron chi connectivity index (χ2n) is 1.88. The summed E-state index contributed by atoms with van der Waals surface area (Å²) >= 11 is 1.81. The molecule has 1 aliphatic rings. The van der Waals surface area contributed by atoms with Gasteiger partial charge in [-0.25, -0.2) is 0 Å². The lowest BCUT2D eigenvalue weighted by atomic mass is 10.4. The Hall–Kier alpha value is -0.180. The van der Waals surface area contributed by atoms with Crippen LogP contribution in [-0.2, 0) is 4.79 Å². The first-order valence-electron chi connectivity index (χ1n) is 2.62. The van der Waals surface area contributed by atoms with Gasteiger partial charge in [-0.05, 0) is 0 Å². The minimum atomic E-state index is 0.281. The van der Waals surface area contributed by atoms with Gasteiger partial charge in [0.15, 0.2) is 0 Å². The topological polar surface area (TPSA) is 20.3 Å². The molecule has 0 aromatic carbocycles. The van der Waals surface area contributed by atoms with Crippen molar-refractivity contribution in [3.63, 3.8) is 0 Å². The Morgan fingerprint density at radius 3 is 2.88 bits per heavy atom. The van der Waals surface area contributed by atoms with Crippen LogP contribution in [0.25, 0.3) is 0 Å². The molecule has 0 N–H and O–H groups in total. The highest BCUT2D eigenvalue weighted by Gasteiger charge is 2.12. The molecule has 1 fully saturated rings. The Labute approximate surface area is 53.2 Å². The van der Waals surface area contributed by atoms with E-state index in [1.807, 2.05) is 18.8 Å². The third kappa shape index (κ3) is 1.15. The lowest BCUT2D eigenvalue weighted by molar-refractivity contribution is -0.128. The average Bonchev–Trinajstić information content (AvgIpc) is 1.77. The number of amides is 1. The Kier molecular flexibility index (Phi) is 1.78. The van der Waals surface area contributed by atoms with Gasteiger partial charge in [-0.1, -0.05) is 0 Å². The van der Waals surface area contributed by atoms with Gasteiger partial charge in [0.1, 0.15) is 0 Å². The van der Waals surface area contributed by atoms with E-state index in [1.165, 1.54) is 0 Å². The van der Waals surface area contributed by atoms with Crippen LogP contribution in [0, 0.1) is 0 Å². The van der Waals surface area contributed by atoms with Crippen LogP contribution in [0.5, 0.6) is 0 Å². The molecule has 0 saturated carbocycles. The first-order chi connectivity index (χ1) is 3.80. The zero-order valence-corrected chi connectivity index (χ0v) is 5.70. The summed E-state index contributed by atoms with van der Waals surface area (Å²) in [6, 6.07) is 0. The molecule has 0 bridgehead atoms. The predicted octanol–water partition coefficient (Wildman–Crippen LogP) is 0.539. The van der Waals surface area contributed by atoms with E-state index >= 15 is 0 Å². The number of nitrogens with zero attached hydrogens (tertiary/aromatic N) is 1. The molecule has 0 aromatic rings. The van der Waals surface area contributed by atoms with Crippen molar-refractivity contribution in [3.8, 4) is 0 Å². The number of thioether (sulfide) groups is 1. The smallest absolute Gasteiger partial charge is 0.223 e. The molecule has 2 nitrogen and oxygen atoms in total. The van der Waals surface area contributed by atoms with Crippen LogP contribution in [0.3, 0.4) is 0 Å². The lowest BCUT2D eigenvalue weighted by Gasteiger charge is -2.20. The minimum absolute atomic E-state index is 0.281. The largest absolute Gasteiger partial charge is 0.336 e. The summed E-state index contributed by atoms with van der Waals surface area (Å²) in [6.07, 6.45) is 0.723. The summed E-state index contributed by atoms with van der Waals surface area (Å²) in [4.78, 5) is 12.5. The Morgan fingerprint density at radius 1 is 1.75 bits per heavy atom. The van der Waals surface area contributed by atoms with E-state index in [9.17, 15) is 4.79 Å². The van der Waals surface area contributed by atoms with Crippen molar-refractivity contribution in [1.82, 2.24) is 4.90 Å². The normalized spacial score (nSPS) is 21.6. The van der Waals surface area contributed by atoms with Crippen molar-refractivity contribution in [2.45, 2.75) is 6.42 Å². The highest BCUT2D eigenvalue weighted by molar-refractivity contribution is 7.99. The molecule has 0 atom stereocenters. The Balaban J connectivity index is 2.39. The third-order valence-corrected chi connectivity index (χ3v) is 2.23. The molecule has 8 heavy (non-hydrogen) atoms. The first-order valence-corrected chi connectivity index (χ1v) is 3.78. The van der Waals surface area contributed by atoms with Gasteiger partial charge in [-0.2, -0.15) is 0 Å². The van der Waals surface area contributed by atoms with Gasteiger partial charge in [-0.15, -0.1) is 11.8 Å². The van der Waals surface area contributed by atoms with E-state index in [0.29, 0.717) is 0 Å². The molecule has 0 aromatic heterocycles. The van der Waals surface area contributed by atoms with Gasteiger partial charge >= 0.3 is 0 Å². The van der Waals surface area contributed by atoms with Crippen molar-refractivity contribution >= 4 is 17.7 Å². The van der Waals surface area contributed by atoms with Crippen molar-refractivity contribution < 1.29 is 4.79 Å². The maximum Gasteiger partial charge on any atom is 0.223 e. The number of rotatable bonds is 0. The van der Waals surface area contributed by atoms with Crippen molar-refractivity contribution in [2.24, 2.45) is 0 Å². The van der Waals surface area contributed by atoms with Crippen molar-refractivity contribution in [2.75, 3.05) is 18.7 Å². The molecule has 1 heterocycles. The minimum Gasteiger partial charge on any atom is -0.336 e. The standard InChI is InChI=1S/C5H9NOS/c1-6-4-8-3-2-5(6)7/h2-4H2,1H3. The third-order valence-electron chi connectivity index (χ3n) is 1.17. The van der Waals surface area contributed by atoms with Crippen LogP contribution in [0.1, 0.15) is 6.42 Å². The fourth-order valence-corrected chi connectivity index (χ4v) is 1.49. The van der Waals surface area contributed by atoms with E-state index in [0.717, 1.165) is 18.1 Å². The molecular weight excluding hydrogens is 122 g/mol. The van der Waals surface area contributed by atoms with E-state index in [2.05, 4.69) is 0 Å². The first kappa shape index (κ1) is 5.95. The summed E-state index contributed by atoms with van der Waals surface area (Å²) in [7, 11) is 1.84. The fraction of sp³-hybridized carbons (Fsp3) is 0.800. The van der Waals surface area contributed by atoms with Crippen LogP contribution in [0.4, 0.5) is 0 Å². The summed E-state index contributed by atoms with van der Waals surface area (Å²) in [5.74, 6) is 2.16. The second kappa shape index (κ2) is 2.40. The maximum absolute atomic E-state index is 10.7. The number of hydrogen-bond donors (Lipinski definition) is 0. The quantitative estimate of drug-likeness (QED) is 0.478. The fourth-order valence-electron chi connectivity index (χ4n) is 0.624. The SMILES string of the molecule is CN1CSCCC1=O. The number of hydrogen-bond acceptors (Lipinski definition) is 2. The Morgan fingerprint density at radius 2 is 2.50 bits per heavy atom. The summed E-state index contributed by atoms with van der Waals surface area (Å²) < 4.78 is 0. The van der Waals surface area contributed by atoms with Crippen LogP contribution < -0.4 is 0 Å². The number of carbonyl (C=O) groups excluding carboxylic acids is 1. The zero-order chi connectivity index (χ0) is 5.98. The average molecular weight is 131 g/mol. The van der Waals surface area contributed by atoms with Gasteiger partial charge in [0.25, 0.3) is 0 Å². The van der Waals surface area contributed by atoms with Crippen LogP contribution in [-0.4, -0.2) is 29.5 Å². The number of carbonyl (C=O) groups is 1. The van der Waals surface area contributed by atoms with Gasteiger partial charge in [0.05, 0.1) is 5.88 Å². The van der Waals surface area contributed by atoms with Gasteiger partial charge in [-0.3, -0.25) is 4.79 Å².